The van der Waals surface area contributed by atoms with Crippen molar-refractivity contribution >= 4 is 28.9 Å². The van der Waals surface area contributed by atoms with Crippen LogP contribution < -0.4 is 15.8 Å². The minimum atomic E-state index is -0.612. The third kappa shape index (κ3) is 5.36. The van der Waals surface area contributed by atoms with Gasteiger partial charge < -0.3 is 20.9 Å². The van der Waals surface area contributed by atoms with E-state index in [0.717, 1.165) is 0 Å². The molecule has 0 amide bonds. The van der Waals surface area contributed by atoms with Crippen LogP contribution in [0.4, 0.5) is 10.3 Å². The predicted molar refractivity (Wildman–Crippen MR) is 111 cm³/mol. The van der Waals surface area contributed by atoms with Crippen molar-refractivity contribution in [3.8, 4) is 26.9 Å². The van der Waals surface area contributed by atoms with Gasteiger partial charge in [-0.25, -0.2) is 14.4 Å². The number of hydrogen-bond acceptors (Lipinski definition) is 9. The summed E-state index contributed by atoms with van der Waals surface area (Å²) in [5.74, 6) is -0.136. The van der Waals surface area contributed by atoms with Gasteiger partial charge in [-0.15, -0.1) is 10.2 Å². The first-order valence-corrected chi connectivity index (χ1v) is 9.98. The maximum absolute atomic E-state index is 14.4. The van der Waals surface area contributed by atoms with Crippen LogP contribution in [0.15, 0.2) is 24.5 Å². The Hall–Kier alpha value is -2.40. The molecule has 4 N–H and O–H groups in total. The van der Waals surface area contributed by atoms with Gasteiger partial charge in [0.05, 0.1) is 17.7 Å². The Morgan fingerprint density at radius 1 is 1.24 bits per heavy atom. The van der Waals surface area contributed by atoms with Crippen LogP contribution in [0, 0.1) is 5.82 Å². The molecule has 1 aromatic carbocycles. The molecule has 0 aliphatic heterocycles. The van der Waals surface area contributed by atoms with Crippen molar-refractivity contribution < 1.29 is 14.2 Å². The smallest absolute Gasteiger partial charge is 0.222 e. The van der Waals surface area contributed by atoms with Crippen LogP contribution in [0.2, 0.25) is 5.02 Å². The first-order valence-electron chi connectivity index (χ1n) is 8.78. The normalized spacial score (nSPS) is 12.2. The molecule has 0 radical (unpaired) electrons. The number of hydrogen-bond donors (Lipinski definition) is 3. The Labute approximate surface area is 175 Å². The van der Waals surface area contributed by atoms with Gasteiger partial charge in [0.15, 0.2) is 16.6 Å². The van der Waals surface area contributed by atoms with E-state index in [1.165, 1.54) is 23.5 Å². The zero-order valence-electron chi connectivity index (χ0n) is 15.8. The minimum Gasteiger partial charge on any atom is -0.489 e. The van der Waals surface area contributed by atoms with Gasteiger partial charge in [0.25, 0.3) is 0 Å². The molecule has 154 valence electrons. The number of benzene rings is 1. The lowest BCUT2D eigenvalue weighted by molar-refractivity contribution is 0.202. The molecule has 3 rings (SSSR count). The summed E-state index contributed by atoms with van der Waals surface area (Å²) in [6.45, 7) is 3.69. The number of nitrogens with one attached hydrogen (secondary N) is 1. The summed E-state index contributed by atoms with van der Waals surface area (Å²) in [6.07, 6.45) is 3.29. The molecule has 8 nitrogen and oxygen atoms in total. The fraction of sp³-hybridized carbons (Fsp3) is 0.333. The van der Waals surface area contributed by atoms with Crippen LogP contribution in [0.1, 0.15) is 13.8 Å². The second kappa shape index (κ2) is 9.40. The Morgan fingerprint density at radius 3 is 2.59 bits per heavy atom. The van der Waals surface area contributed by atoms with E-state index >= 15 is 0 Å². The Kier molecular flexibility index (Phi) is 6.91. The summed E-state index contributed by atoms with van der Waals surface area (Å²) < 4.78 is 19.7. The molecule has 11 heteroatoms. The third-order valence-corrected chi connectivity index (χ3v) is 5.00. The SMILES string of the molecule is CC(C)Nc1ncc(-c2nnc(-c3cc(F)c(OC[C@H](N)CO)cc3Cl)s2)cn1. The second-order valence-corrected chi connectivity index (χ2v) is 7.91. The first-order chi connectivity index (χ1) is 13.9. The number of aliphatic hydroxyl groups is 1. The average Bonchev–Trinajstić information content (AvgIpc) is 3.18. The summed E-state index contributed by atoms with van der Waals surface area (Å²) in [5, 5.41) is 21.6. The van der Waals surface area contributed by atoms with Crippen molar-refractivity contribution in [3.05, 3.63) is 35.4 Å². The Bertz CT molecular complexity index is 969. The highest BCUT2D eigenvalue weighted by molar-refractivity contribution is 7.18. The van der Waals surface area contributed by atoms with Crippen LogP contribution in [0.25, 0.3) is 21.1 Å². The molecular formula is C18H20ClFN6O2S. The molecule has 0 saturated heterocycles. The van der Waals surface area contributed by atoms with E-state index < -0.39 is 11.9 Å². The molecule has 2 heterocycles. The van der Waals surface area contributed by atoms with Crippen LogP contribution in [0.3, 0.4) is 0 Å². The van der Waals surface area contributed by atoms with E-state index in [0.29, 0.717) is 27.1 Å². The lowest BCUT2D eigenvalue weighted by Gasteiger charge is -2.12. The van der Waals surface area contributed by atoms with Gasteiger partial charge in [-0.2, -0.15) is 0 Å². The van der Waals surface area contributed by atoms with Gasteiger partial charge >= 0.3 is 0 Å². The third-order valence-electron chi connectivity index (χ3n) is 3.68. The summed E-state index contributed by atoms with van der Waals surface area (Å²) in [6, 6.07) is 2.20. The summed E-state index contributed by atoms with van der Waals surface area (Å²) >= 11 is 7.53. The largest absolute Gasteiger partial charge is 0.489 e. The highest BCUT2D eigenvalue weighted by Crippen LogP contribution is 2.37. The summed E-state index contributed by atoms with van der Waals surface area (Å²) in [5.41, 5.74) is 6.65. The number of aromatic nitrogens is 4. The van der Waals surface area contributed by atoms with E-state index in [2.05, 4.69) is 25.5 Å². The molecule has 1 atom stereocenters. The molecule has 0 aliphatic rings. The zero-order valence-corrected chi connectivity index (χ0v) is 17.3. The number of halogens is 2. The topological polar surface area (TPSA) is 119 Å². The fourth-order valence-corrected chi connectivity index (χ4v) is 3.42. The lowest BCUT2D eigenvalue weighted by atomic mass is 10.2. The van der Waals surface area contributed by atoms with Crippen LogP contribution >= 0.6 is 22.9 Å². The van der Waals surface area contributed by atoms with Crippen LogP contribution in [-0.2, 0) is 0 Å². The zero-order chi connectivity index (χ0) is 21.0. The summed E-state index contributed by atoms with van der Waals surface area (Å²) in [7, 11) is 0. The minimum absolute atomic E-state index is 0.0340. The van der Waals surface area contributed by atoms with Crippen molar-refractivity contribution in [3.63, 3.8) is 0 Å². The number of nitrogens with two attached hydrogens (primary N) is 1. The van der Waals surface area contributed by atoms with E-state index in [9.17, 15) is 4.39 Å². The molecule has 0 saturated carbocycles. The molecule has 0 aliphatic carbocycles. The van der Waals surface area contributed by atoms with Crippen LogP contribution in [0.5, 0.6) is 5.75 Å². The van der Waals surface area contributed by atoms with Crippen molar-refractivity contribution in [2.75, 3.05) is 18.5 Å². The van der Waals surface area contributed by atoms with E-state index in [1.807, 2.05) is 13.8 Å². The number of rotatable bonds is 8. The molecule has 0 bridgehead atoms. The second-order valence-electron chi connectivity index (χ2n) is 6.52. The van der Waals surface area contributed by atoms with E-state index in [-0.39, 0.29) is 30.0 Å². The molecule has 3 aromatic rings. The predicted octanol–water partition coefficient (Wildman–Crippen LogP) is 2.97. The molecule has 0 fully saturated rings. The number of anilines is 1. The fourth-order valence-electron chi connectivity index (χ4n) is 2.27. The summed E-state index contributed by atoms with van der Waals surface area (Å²) in [4.78, 5) is 8.50. The van der Waals surface area contributed by atoms with Crippen molar-refractivity contribution in [1.29, 1.82) is 0 Å². The van der Waals surface area contributed by atoms with Gasteiger partial charge in [0, 0.05) is 35.6 Å². The van der Waals surface area contributed by atoms with Gasteiger partial charge in [-0.1, -0.05) is 22.9 Å². The van der Waals surface area contributed by atoms with E-state index in [4.69, 9.17) is 27.2 Å². The van der Waals surface area contributed by atoms with Crippen molar-refractivity contribution in [2.45, 2.75) is 25.9 Å². The average molecular weight is 439 g/mol. The molecular weight excluding hydrogens is 419 g/mol. The number of ether oxygens (including phenoxy) is 1. The number of nitrogens with zero attached hydrogens (tertiary/aromatic N) is 4. The maximum atomic E-state index is 14.4. The van der Waals surface area contributed by atoms with Gasteiger partial charge in [-0.05, 0) is 19.9 Å². The first kappa shape index (κ1) is 21.3. The standard InChI is InChI=1S/C18H20ClFN6O2S/c1-9(2)24-18-22-5-10(6-23-18)16-25-26-17(29-16)12-3-14(20)15(4-13(12)19)28-8-11(21)7-27/h3-6,9,11,27H,7-8,21H2,1-2H3,(H,22,23,24)/t11-/m1/s1. The Balaban J connectivity index is 1.80. The maximum Gasteiger partial charge on any atom is 0.222 e. The highest BCUT2D eigenvalue weighted by atomic mass is 35.5. The van der Waals surface area contributed by atoms with Gasteiger partial charge in [-0.3, -0.25) is 0 Å². The monoisotopic (exact) mass is 438 g/mol. The molecule has 0 unspecified atom stereocenters. The van der Waals surface area contributed by atoms with Gasteiger partial charge in [0.1, 0.15) is 11.6 Å². The molecule has 29 heavy (non-hydrogen) atoms. The highest BCUT2D eigenvalue weighted by Gasteiger charge is 2.17. The van der Waals surface area contributed by atoms with Gasteiger partial charge in [0.2, 0.25) is 5.95 Å². The number of aliphatic hydroxyl groups excluding tert-OH is 1. The quantitative estimate of drug-likeness (QED) is 0.491. The molecule has 0 spiro atoms. The van der Waals surface area contributed by atoms with E-state index in [1.54, 1.807) is 12.4 Å². The van der Waals surface area contributed by atoms with Crippen LogP contribution in [-0.4, -0.2) is 50.6 Å². The lowest BCUT2D eigenvalue weighted by Crippen LogP contribution is -2.31. The molecule has 2 aromatic heterocycles. The van der Waals surface area contributed by atoms with Crippen molar-refractivity contribution in [2.24, 2.45) is 5.73 Å². The Morgan fingerprint density at radius 2 is 1.93 bits per heavy atom. The van der Waals surface area contributed by atoms with Crippen molar-refractivity contribution in [1.82, 2.24) is 20.2 Å².